The van der Waals surface area contributed by atoms with Crippen LogP contribution in [0.25, 0.3) is 0 Å². The number of rotatable bonds is 8. The predicted octanol–water partition coefficient (Wildman–Crippen LogP) is 2.44. The van der Waals surface area contributed by atoms with Gasteiger partial charge >= 0.3 is 0 Å². The van der Waals surface area contributed by atoms with Gasteiger partial charge in [0.1, 0.15) is 0 Å². The van der Waals surface area contributed by atoms with Gasteiger partial charge in [-0.2, -0.15) is 0 Å². The fraction of sp³-hybridized carbons (Fsp3) is 1.00. The van der Waals surface area contributed by atoms with Gasteiger partial charge in [-0.05, 0) is 18.9 Å². The van der Waals surface area contributed by atoms with Gasteiger partial charge in [0.05, 0.1) is 6.61 Å². The van der Waals surface area contributed by atoms with E-state index >= 15 is 0 Å². The number of hydrogen-bond donors (Lipinski definition) is 1. The number of methoxy groups -OCH3 is 1. The smallest absolute Gasteiger partial charge is 0.0615 e. The summed E-state index contributed by atoms with van der Waals surface area (Å²) in [6, 6.07) is 0.542. The minimum atomic E-state index is 0.542. The zero-order valence-electron chi connectivity index (χ0n) is 9.60. The summed E-state index contributed by atoms with van der Waals surface area (Å²) in [7, 11) is 1.78. The number of hydrogen-bond acceptors (Lipinski definition) is 2. The third-order valence-electron chi connectivity index (χ3n) is 2.63. The number of ether oxygens (including phenoxy) is 1. The predicted molar refractivity (Wildman–Crippen MR) is 58.0 cm³/mol. The molecule has 2 nitrogen and oxygen atoms in total. The molecule has 0 aromatic carbocycles. The van der Waals surface area contributed by atoms with Gasteiger partial charge in [-0.25, -0.2) is 0 Å². The SMILES string of the molecule is CCNC(COC)CC(CC)CC. The molecule has 0 radical (unpaired) electrons. The van der Waals surface area contributed by atoms with E-state index in [1.807, 2.05) is 0 Å². The average molecular weight is 187 g/mol. The quantitative estimate of drug-likeness (QED) is 0.630. The molecule has 0 saturated carbocycles. The van der Waals surface area contributed by atoms with E-state index in [2.05, 4.69) is 26.1 Å². The molecule has 0 heterocycles. The molecule has 1 unspecified atom stereocenters. The monoisotopic (exact) mass is 187 g/mol. The highest BCUT2D eigenvalue weighted by molar-refractivity contribution is 4.69. The van der Waals surface area contributed by atoms with Crippen molar-refractivity contribution in [1.82, 2.24) is 5.32 Å². The van der Waals surface area contributed by atoms with Crippen molar-refractivity contribution in [3.8, 4) is 0 Å². The van der Waals surface area contributed by atoms with Crippen LogP contribution < -0.4 is 5.32 Å². The van der Waals surface area contributed by atoms with Crippen molar-refractivity contribution < 1.29 is 4.74 Å². The zero-order valence-corrected chi connectivity index (χ0v) is 9.60. The van der Waals surface area contributed by atoms with E-state index in [1.54, 1.807) is 7.11 Å². The Labute approximate surface area is 83.1 Å². The van der Waals surface area contributed by atoms with Crippen LogP contribution in [0.1, 0.15) is 40.0 Å². The molecule has 0 aromatic rings. The lowest BCUT2D eigenvalue weighted by atomic mass is 9.95. The van der Waals surface area contributed by atoms with Gasteiger partial charge in [-0.15, -0.1) is 0 Å². The van der Waals surface area contributed by atoms with Gasteiger partial charge in [0.2, 0.25) is 0 Å². The second kappa shape index (κ2) is 8.52. The molecule has 0 aliphatic heterocycles. The molecule has 0 amide bonds. The molecule has 0 fully saturated rings. The van der Waals surface area contributed by atoms with Crippen LogP contribution >= 0.6 is 0 Å². The Bertz CT molecular complexity index is 96.3. The zero-order chi connectivity index (χ0) is 10.1. The van der Waals surface area contributed by atoms with Crippen molar-refractivity contribution in [3.05, 3.63) is 0 Å². The van der Waals surface area contributed by atoms with Crippen LogP contribution in [0.3, 0.4) is 0 Å². The summed E-state index contributed by atoms with van der Waals surface area (Å²) in [5, 5.41) is 3.46. The van der Waals surface area contributed by atoms with Crippen molar-refractivity contribution in [2.45, 2.75) is 46.1 Å². The molecule has 80 valence electrons. The Morgan fingerprint density at radius 3 is 2.15 bits per heavy atom. The Balaban J connectivity index is 3.76. The number of nitrogens with one attached hydrogen (secondary N) is 1. The molecule has 0 aliphatic rings. The van der Waals surface area contributed by atoms with Gasteiger partial charge in [0.25, 0.3) is 0 Å². The summed E-state index contributed by atoms with van der Waals surface area (Å²) in [4.78, 5) is 0. The normalized spacial score (nSPS) is 13.6. The molecular weight excluding hydrogens is 162 g/mol. The lowest BCUT2D eigenvalue weighted by molar-refractivity contribution is 0.153. The van der Waals surface area contributed by atoms with Crippen LogP contribution in [0.4, 0.5) is 0 Å². The molecule has 0 aromatic heterocycles. The topological polar surface area (TPSA) is 21.3 Å². The van der Waals surface area contributed by atoms with Crippen molar-refractivity contribution in [3.63, 3.8) is 0 Å². The lowest BCUT2D eigenvalue weighted by Gasteiger charge is -2.21. The van der Waals surface area contributed by atoms with Gasteiger partial charge in [-0.3, -0.25) is 0 Å². The van der Waals surface area contributed by atoms with Crippen molar-refractivity contribution >= 4 is 0 Å². The maximum absolute atomic E-state index is 5.18. The molecule has 0 aliphatic carbocycles. The summed E-state index contributed by atoms with van der Waals surface area (Å²) in [6.07, 6.45) is 3.80. The average Bonchev–Trinajstić information content (AvgIpc) is 2.14. The van der Waals surface area contributed by atoms with Gasteiger partial charge in [0.15, 0.2) is 0 Å². The minimum absolute atomic E-state index is 0.542. The fourth-order valence-corrected chi connectivity index (χ4v) is 1.72. The van der Waals surface area contributed by atoms with Crippen molar-refractivity contribution in [1.29, 1.82) is 0 Å². The molecule has 1 atom stereocenters. The summed E-state index contributed by atoms with van der Waals surface area (Å²) in [5.74, 6) is 0.846. The van der Waals surface area contributed by atoms with Gasteiger partial charge in [-0.1, -0.05) is 33.6 Å². The van der Waals surface area contributed by atoms with Crippen molar-refractivity contribution in [2.24, 2.45) is 5.92 Å². The van der Waals surface area contributed by atoms with E-state index in [1.165, 1.54) is 19.3 Å². The van der Waals surface area contributed by atoms with E-state index in [-0.39, 0.29) is 0 Å². The van der Waals surface area contributed by atoms with Crippen LogP contribution in [0.5, 0.6) is 0 Å². The summed E-state index contributed by atoms with van der Waals surface area (Å²) in [6.45, 7) is 8.56. The first-order valence-corrected chi connectivity index (χ1v) is 5.50. The first-order valence-electron chi connectivity index (χ1n) is 5.50. The third-order valence-corrected chi connectivity index (χ3v) is 2.63. The van der Waals surface area contributed by atoms with Crippen LogP contribution in [0.15, 0.2) is 0 Å². The number of likely N-dealkylation sites (N-methyl/N-ethyl adjacent to an activating group) is 1. The summed E-state index contributed by atoms with van der Waals surface area (Å²) < 4.78 is 5.18. The molecule has 0 rings (SSSR count). The fourth-order valence-electron chi connectivity index (χ4n) is 1.72. The van der Waals surface area contributed by atoms with Crippen LogP contribution in [-0.4, -0.2) is 26.3 Å². The van der Waals surface area contributed by atoms with E-state index in [4.69, 9.17) is 4.74 Å². The highest BCUT2D eigenvalue weighted by Crippen LogP contribution is 2.14. The first kappa shape index (κ1) is 12.9. The maximum Gasteiger partial charge on any atom is 0.0615 e. The molecule has 0 saturated heterocycles. The molecule has 13 heavy (non-hydrogen) atoms. The molecule has 0 bridgehead atoms. The standard InChI is InChI=1S/C11H25NO/c1-5-10(6-2)8-11(9-13-4)12-7-3/h10-12H,5-9H2,1-4H3. The maximum atomic E-state index is 5.18. The van der Waals surface area contributed by atoms with E-state index in [9.17, 15) is 0 Å². The Morgan fingerprint density at radius 2 is 1.77 bits per heavy atom. The Hall–Kier alpha value is -0.0800. The van der Waals surface area contributed by atoms with Crippen molar-refractivity contribution in [2.75, 3.05) is 20.3 Å². The van der Waals surface area contributed by atoms with Crippen LogP contribution in [0.2, 0.25) is 0 Å². The molecular formula is C11H25NO. The second-order valence-electron chi connectivity index (χ2n) is 3.63. The molecule has 0 spiro atoms. The Morgan fingerprint density at radius 1 is 1.15 bits per heavy atom. The Kier molecular flexibility index (Phi) is 8.46. The highest BCUT2D eigenvalue weighted by atomic mass is 16.5. The highest BCUT2D eigenvalue weighted by Gasteiger charge is 2.12. The van der Waals surface area contributed by atoms with E-state index in [0.717, 1.165) is 19.1 Å². The summed E-state index contributed by atoms with van der Waals surface area (Å²) >= 11 is 0. The van der Waals surface area contributed by atoms with E-state index in [0.29, 0.717) is 6.04 Å². The van der Waals surface area contributed by atoms with Gasteiger partial charge in [0, 0.05) is 13.2 Å². The third kappa shape index (κ3) is 6.05. The largest absolute Gasteiger partial charge is 0.383 e. The lowest BCUT2D eigenvalue weighted by Crippen LogP contribution is -2.34. The molecule has 1 N–H and O–H groups in total. The van der Waals surface area contributed by atoms with E-state index < -0.39 is 0 Å². The molecule has 2 heteroatoms. The first-order chi connectivity index (χ1) is 6.28. The van der Waals surface area contributed by atoms with Crippen LogP contribution in [-0.2, 0) is 4.74 Å². The van der Waals surface area contributed by atoms with Crippen LogP contribution in [0, 0.1) is 5.92 Å². The summed E-state index contributed by atoms with van der Waals surface area (Å²) in [5.41, 5.74) is 0. The van der Waals surface area contributed by atoms with Gasteiger partial charge < -0.3 is 10.1 Å². The minimum Gasteiger partial charge on any atom is -0.383 e. The second-order valence-corrected chi connectivity index (χ2v) is 3.63.